The van der Waals surface area contributed by atoms with Crippen LogP contribution in [0.4, 0.5) is 0 Å². The Balaban J connectivity index is 1.49. The van der Waals surface area contributed by atoms with Gasteiger partial charge in [-0.25, -0.2) is 4.98 Å². The Morgan fingerprint density at radius 3 is 3.09 bits per heavy atom. The van der Waals surface area contributed by atoms with E-state index in [2.05, 4.69) is 21.7 Å². The van der Waals surface area contributed by atoms with Gasteiger partial charge in [0.15, 0.2) is 0 Å². The molecular weight excluding hydrogens is 308 g/mol. The number of nitriles is 1. The first-order chi connectivity index (χ1) is 11.2. The Labute approximate surface area is 138 Å². The lowest BCUT2D eigenvalue weighted by atomic mass is 9.95. The summed E-state index contributed by atoms with van der Waals surface area (Å²) in [5.74, 6) is -0.0514. The Bertz CT molecular complexity index is 794. The third kappa shape index (κ3) is 2.74. The number of carbonyl (C=O) groups is 1. The van der Waals surface area contributed by atoms with E-state index in [1.165, 1.54) is 17.8 Å². The maximum atomic E-state index is 12.4. The second kappa shape index (κ2) is 5.76. The average Bonchev–Trinajstić information content (AvgIpc) is 3.31. The second-order valence-electron chi connectivity index (χ2n) is 6.09. The zero-order chi connectivity index (χ0) is 15.8. The molecule has 0 unspecified atom stereocenters. The third-order valence-corrected chi connectivity index (χ3v) is 5.63. The number of hydrogen-bond donors (Lipinski definition) is 2. The third-order valence-electron chi connectivity index (χ3n) is 4.58. The highest BCUT2D eigenvalue weighted by molar-refractivity contribution is 7.16. The van der Waals surface area contributed by atoms with Crippen LogP contribution in [0.5, 0.6) is 0 Å². The monoisotopic (exact) mass is 324 g/mol. The van der Waals surface area contributed by atoms with Crippen LogP contribution in [0.2, 0.25) is 0 Å². The number of carbonyl (C=O) groups excluding carboxylic acids is 1. The van der Waals surface area contributed by atoms with Gasteiger partial charge in [0.1, 0.15) is 9.88 Å². The molecule has 6 heteroatoms. The summed E-state index contributed by atoms with van der Waals surface area (Å²) in [6.45, 7) is 0. The molecule has 3 atom stereocenters. The van der Waals surface area contributed by atoms with Gasteiger partial charge < -0.3 is 10.6 Å². The molecule has 116 valence electrons. The van der Waals surface area contributed by atoms with E-state index in [4.69, 9.17) is 5.26 Å². The van der Waals surface area contributed by atoms with Crippen molar-refractivity contribution in [1.29, 1.82) is 5.26 Å². The van der Waals surface area contributed by atoms with Crippen molar-refractivity contribution in [3.63, 3.8) is 0 Å². The zero-order valence-corrected chi connectivity index (χ0v) is 13.3. The Morgan fingerprint density at radius 2 is 2.35 bits per heavy atom. The molecule has 2 fully saturated rings. The number of fused-ring (bicyclic) bond motifs is 2. The predicted molar refractivity (Wildman–Crippen MR) is 88.1 cm³/mol. The quantitative estimate of drug-likeness (QED) is 0.908. The zero-order valence-electron chi connectivity index (χ0n) is 12.5. The molecule has 4 rings (SSSR count). The Morgan fingerprint density at radius 1 is 1.43 bits per heavy atom. The molecule has 5 nitrogen and oxygen atoms in total. The molecule has 3 heterocycles. The minimum Gasteiger partial charge on any atom is -0.347 e. The van der Waals surface area contributed by atoms with Gasteiger partial charge in [0.25, 0.3) is 5.91 Å². The first-order valence-corrected chi connectivity index (χ1v) is 8.58. The highest BCUT2D eigenvalue weighted by Crippen LogP contribution is 2.29. The van der Waals surface area contributed by atoms with Gasteiger partial charge >= 0.3 is 0 Å². The Kier molecular flexibility index (Phi) is 3.60. The molecule has 2 aliphatic rings. The highest BCUT2D eigenvalue weighted by Gasteiger charge is 2.39. The number of nitrogens with zero attached hydrogens (tertiary/aromatic N) is 2. The summed E-state index contributed by atoms with van der Waals surface area (Å²) in [6.07, 6.45) is 5.00. The van der Waals surface area contributed by atoms with Crippen molar-refractivity contribution < 1.29 is 4.79 Å². The van der Waals surface area contributed by atoms with Crippen molar-refractivity contribution in [3.05, 3.63) is 40.9 Å². The van der Waals surface area contributed by atoms with Crippen LogP contribution in [-0.2, 0) is 0 Å². The van der Waals surface area contributed by atoms with E-state index in [-0.39, 0.29) is 11.9 Å². The summed E-state index contributed by atoms with van der Waals surface area (Å²) in [6, 6.07) is 10.6. The van der Waals surface area contributed by atoms with Crippen molar-refractivity contribution >= 4 is 17.2 Å². The van der Waals surface area contributed by atoms with Gasteiger partial charge in [-0.05, 0) is 31.4 Å². The number of nitrogens with one attached hydrogen (secondary N) is 2. The van der Waals surface area contributed by atoms with Crippen molar-refractivity contribution in [1.82, 2.24) is 15.6 Å². The van der Waals surface area contributed by atoms with Crippen LogP contribution in [0.3, 0.4) is 0 Å². The molecule has 2 N–H and O–H groups in total. The minimum atomic E-state index is -0.0514. The van der Waals surface area contributed by atoms with Crippen LogP contribution in [0, 0.1) is 11.3 Å². The van der Waals surface area contributed by atoms with Crippen LogP contribution < -0.4 is 10.6 Å². The predicted octanol–water partition coefficient (Wildman–Crippen LogP) is 2.30. The summed E-state index contributed by atoms with van der Waals surface area (Å²) in [5, 5.41) is 16.4. The summed E-state index contributed by atoms with van der Waals surface area (Å²) < 4.78 is 0. The molecule has 1 amide bonds. The summed E-state index contributed by atoms with van der Waals surface area (Å²) in [7, 11) is 0. The van der Waals surface area contributed by atoms with Gasteiger partial charge in [-0.2, -0.15) is 5.26 Å². The van der Waals surface area contributed by atoms with E-state index < -0.39 is 0 Å². The van der Waals surface area contributed by atoms with Gasteiger partial charge in [0.2, 0.25) is 0 Å². The maximum absolute atomic E-state index is 12.4. The van der Waals surface area contributed by atoms with E-state index in [1.807, 2.05) is 12.1 Å². The molecule has 0 radical (unpaired) electrons. The smallest absolute Gasteiger partial charge is 0.263 e. The number of aromatic nitrogens is 1. The number of hydrogen-bond acceptors (Lipinski definition) is 5. The van der Waals surface area contributed by atoms with Gasteiger partial charge in [-0.1, -0.05) is 12.1 Å². The van der Waals surface area contributed by atoms with Crippen LogP contribution in [0.25, 0.3) is 10.6 Å². The number of amides is 1. The van der Waals surface area contributed by atoms with E-state index in [1.54, 1.807) is 18.3 Å². The fourth-order valence-corrected chi connectivity index (χ4v) is 4.27. The summed E-state index contributed by atoms with van der Waals surface area (Å²) in [5.41, 5.74) is 1.46. The van der Waals surface area contributed by atoms with E-state index >= 15 is 0 Å². The number of rotatable bonds is 3. The van der Waals surface area contributed by atoms with Crippen molar-refractivity contribution in [3.8, 4) is 16.6 Å². The molecule has 2 saturated heterocycles. The molecule has 2 aliphatic heterocycles. The van der Waals surface area contributed by atoms with Crippen LogP contribution in [0.1, 0.15) is 34.5 Å². The van der Waals surface area contributed by atoms with Gasteiger partial charge in [-0.15, -0.1) is 11.3 Å². The fraction of sp³-hybridized carbons (Fsp3) is 0.353. The number of benzene rings is 1. The van der Waals surface area contributed by atoms with E-state index in [0.717, 1.165) is 23.4 Å². The molecule has 2 aromatic rings. The van der Waals surface area contributed by atoms with Crippen LogP contribution in [0.15, 0.2) is 30.5 Å². The second-order valence-corrected chi connectivity index (χ2v) is 7.12. The lowest BCUT2D eigenvalue weighted by Gasteiger charge is -2.20. The molecular formula is C17H16N4OS. The van der Waals surface area contributed by atoms with E-state index in [0.29, 0.717) is 22.5 Å². The fourth-order valence-electron chi connectivity index (χ4n) is 3.46. The van der Waals surface area contributed by atoms with Crippen molar-refractivity contribution in [2.24, 2.45) is 0 Å². The first kappa shape index (κ1) is 14.4. The Hall–Kier alpha value is -2.23. The van der Waals surface area contributed by atoms with Crippen molar-refractivity contribution in [2.75, 3.05) is 0 Å². The first-order valence-electron chi connectivity index (χ1n) is 7.76. The SMILES string of the molecule is N#Cc1cccc(-c2ncc(C(=O)N[C@@H]3C[C@H]4CC[C@@H]3N4)s2)c1. The number of thiazole rings is 1. The average molecular weight is 324 g/mol. The largest absolute Gasteiger partial charge is 0.347 e. The van der Waals surface area contributed by atoms with Gasteiger partial charge in [0.05, 0.1) is 17.8 Å². The molecule has 1 aromatic heterocycles. The molecule has 0 aliphatic carbocycles. The van der Waals surface area contributed by atoms with Gasteiger partial charge in [-0.3, -0.25) is 4.79 Å². The normalized spacial score (nSPS) is 25.3. The molecule has 0 spiro atoms. The van der Waals surface area contributed by atoms with Gasteiger partial charge in [0, 0.05) is 23.7 Å². The molecule has 2 bridgehead atoms. The van der Waals surface area contributed by atoms with E-state index in [9.17, 15) is 4.79 Å². The van der Waals surface area contributed by atoms with Crippen molar-refractivity contribution in [2.45, 2.75) is 37.4 Å². The lowest BCUT2D eigenvalue weighted by Crippen LogP contribution is -2.42. The summed E-state index contributed by atoms with van der Waals surface area (Å²) >= 11 is 1.36. The maximum Gasteiger partial charge on any atom is 0.263 e. The van der Waals surface area contributed by atoms with Crippen LogP contribution in [-0.4, -0.2) is 29.0 Å². The molecule has 23 heavy (non-hydrogen) atoms. The highest BCUT2D eigenvalue weighted by atomic mass is 32.1. The lowest BCUT2D eigenvalue weighted by molar-refractivity contribution is 0.0935. The molecule has 1 aromatic carbocycles. The molecule has 0 saturated carbocycles. The summed E-state index contributed by atoms with van der Waals surface area (Å²) in [4.78, 5) is 17.4. The standard InChI is InChI=1S/C17H16N4OS/c18-8-10-2-1-3-11(6-10)17-19-9-15(23-17)16(22)21-14-7-12-4-5-13(14)20-12/h1-3,6,9,12-14,20H,4-5,7H2,(H,21,22)/t12-,13+,14-/m1/s1. The minimum absolute atomic E-state index is 0.0514. The van der Waals surface area contributed by atoms with Crippen LogP contribution >= 0.6 is 11.3 Å². The topological polar surface area (TPSA) is 77.8 Å².